The number of sulfonamides is 1. The lowest BCUT2D eigenvalue weighted by atomic mass is 10.00. The highest BCUT2D eigenvalue weighted by Gasteiger charge is 2.31. The van der Waals surface area contributed by atoms with E-state index in [-0.39, 0.29) is 12.3 Å². The van der Waals surface area contributed by atoms with Crippen LogP contribution in [0.3, 0.4) is 0 Å². The number of esters is 1. The Balaban J connectivity index is 2.04. The maximum atomic E-state index is 13.4. The van der Waals surface area contributed by atoms with Gasteiger partial charge >= 0.3 is 5.97 Å². The van der Waals surface area contributed by atoms with E-state index in [1.165, 1.54) is 16.4 Å². The summed E-state index contributed by atoms with van der Waals surface area (Å²) in [5.74, 6) is -1.34. The lowest BCUT2D eigenvalue weighted by Gasteiger charge is -2.29. The number of piperidine rings is 1. The monoisotopic (exact) mass is 315 g/mol. The molecule has 0 spiro atoms. The fraction of sp³-hybridized carbons (Fsp3) is 0.500. The quantitative estimate of drug-likeness (QED) is 0.629. The molecule has 0 amide bonds. The molecule has 1 aliphatic heterocycles. The van der Waals surface area contributed by atoms with E-state index in [4.69, 9.17) is 4.74 Å². The van der Waals surface area contributed by atoms with Gasteiger partial charge in [0.1, 0.15) is 11.6 Å². The van der Waals surface area contributed by atoms with E-state index in [0.717, 1.165) is 12.3 Å². The molecule has 0 radical (unpaired) electrons. The topological polar surface area (TPSA) is 63.7 Å². The molecule has 1 aromatic carbocycles. The van der Waals surface area contributed by atoms with Gasteiger partial charge in [0.2, 0.25) is 10.0 Å². The van der Waals surface area contributed by atoms with Gasteiger partial charge in [-0.2, -0.15) is 0 Å². The van der Waals surface area contributed by atoms with Crippen molar-refractivity contribution in [3.63, 3.8) is 0 Å². The van der Waals surface area contributed by atoms with Crippen LogP contribution in [0, 0.1) is 18.7 Å². The Bertz CT molecular complexity index is 644. The molecule has 1 fully saturated rings. The van der Waals surface area contributed by atoms with Crippen molar-refractivity contribution in [2.75, 3.05) is 19.3 Å². The smallest absolute Gasteiger partial charge is 0.315 e. The van der Waals surface area contributed by atoms with E-state index in [2.05, 4.69) is 0 Å². The zero-order valence-electron chi connectivity index (χ0n) is 12.0. The van der Waals surface area contributed by atoms with Gasteiger partial charge in [0.05, 0.1) is 12.2 Å². The second-order valence-corrected chi connectivity index (χ2v) is 7.27. The molecule has 1 aliphatic rings. The molecule has 7 heteroatoms. The average molecular weight is 315 g/mol. The van der Waals surface area contributed by atoms with E-state index in [1.54, 1.807) is 6.92 Å². The van der Waals surface area contributed by atoms with Gasteiger partial charge in [-0.05, 0) is 31.4 Å². The molecule has 0 unspecified atom stereocenters. The van der Waals surface area contributed by atoms with Crippen LogP contribution >= 0.6 is 0 Å². The van der Waals surface area contributed by atoms with Crippen LogP contribution in [0.25, 0.3) is 0 Å². The number of rotatable bonds is 3. The first-order valence-corrected chi connectivity index (χ1v) is 8.55. The van der Waals surface area contributed by atoms with E-state index in [9.17, 15) is 17.6 Å². The highest BCUT2D eigenvalue weighted by molar-refractivity contribution is 7.88. The minimum Gasteiger partial charge on any atom is -0.426 e. The van der Waals surface area contributed by atoms with Gasteiger partial charge in [-0.15, -0.1) is 0 Å². The third-order valence-electron chi connectivity index (χ3n) is 3.55. The molecule has 0 aliphatic carbocycles. The average Bonchev–Trinajstić information content (AvgIpc) is 2.42. The van der Waals surface area contributed by atoms with E-state index >= 15 is 0 Å². The second kappa shape index (κ2) is 6.11. The van der Waals surface area contributed by atoms with Crippen molar-refractivity contribution < 1.29 is 22.3 Å². The summed E-state index contributed by atoms with van der Waals surface area (Å²) in [6, 6.07) is 4.21. The molecule has 1 saturated heterocycles. The number of nitrogens with zero attached hydrogens (tertiary/aromatic N) is 1. The minimum absolute atomic E-state index is 0.117. The SMILES string of the molecule is Cc1ccc(OC(=O)[C@H]2CCCN(S(C)(=O)=O)C2)cc1F. The highest BCUT2D eigenvalue weighted by Crippen LogP contribution is 2.22. The molecular weight excluding hydrogens is 297 g/mol. The number of halogens is 1. The zero-order valence-corrected chi connectivity index (χ0v) is 12.8. The largest absolute Gasteiger partial charge is 0.426 e. The summed E-state index contributed by atoms with van der Waals surface area (Å²) in [4.78, 5) is 12.1. The van der Waals surface area contributed by atoms with Crippen molar-refractivity contribution in [3.8, 4) is 5.75 Å². The first-order valence-electron chi connectivity index (χ1n) is 6.70. The number of ether oxygens (including phenoxy) is 1. The number of carbonyl (C=O) groups is 1. The van der Waals surface area contributed by atoms with E-state index < -0.39 is 27.7 Å². The maximum absolute atomic E-state index is 13.4. The van der Waals surface area contributed by atoms with Gasteiger partial charge < -0.3 is 4.74 Å². The predicted octanol–water partition coefficient (Wildman–Crippen LogP) is 1.71. The molecule has 0 aromatic heterocycles. The highest BCUT2D eigenvalue weighted by atomic mass is 32.2. The lowest BCUT2D eigenvalue weighted by Crippen LogP contribution is -2.42. The standard InChI is InChI=1S/C14H18FNO4S/c1-10-5-6-12(8-13(10)15)20-14(17)11-4-3-7-16(9-11)21(2,18)19/h5-6,8,11H,3-4,7,9H2,1-2H3/t11-/m0/s1. The van der Waals surface area contributed by atoms with Gasteiger partial charge in [-0.3, -0.25) is 4.79 Å². The molecule has 1 heterocycles. The summed E-state index contributed by atoms with van der Waals surface area (Å²) in [7, 11) is -3.31. The van der Waals surface area contributed by atoms with Crippen LogP contribution in [0.5, 0.6) is 5.75 Å². The second-order valence-electron chi connectivity index (χ2n) is 5.29. The molecule has 2 rings (SSSR count). The molecule has 21 heavy (non-hydrogen) atoms. The zero-order chi connectivity index (χ0) is 15.6. The molecule has 116 valence electrons. The normalized spacial score (nSPS) is 20.2. The van der Waals surface area contributed by atoms with Crippen molar-refractivity contribution in [3.05, 3.63) is 29.6 Å². The molecule has 1 atom stereocenters. The summed E-state index contributed by atoms with van der Waals surface area (Å²) in [5.41, 5.74) is 0.468. The number of hydrogen-bond acceptors (Lipinski definition) is 4. The van der Waals surface area contributed by atoms with Gasteiger partial charge in [-0.1, -0.05) is 6.07 Å². The predicted molar refractivity (Wildman–Crippen MR) is 75.9 cm³/mol. The van der Waals surface area contributed by atoms with Crippen LogP contribution in [0.2, 0.25) is 0 Å². The van der Waals surface area contributed by atoms with Crippen LogP contribution in [-0.4, -0.2) is 38.0 Å². The van der Waals surface area contributed by atoms with Gasteiger partial charge in [0.15, 0.2) is 0 Å². The Morgan fingerprint density at radius 2 is 2.14 bits per heavy atom. The molecule has 0 N–H and O–H groups in total. The Morgan fingerprint density at radius 3 is 2.76 bits per heavy atom. The fourth-order valence-corrected chi connectivity index (χ4v) is 3.18. The van der Waals surface area contributed by atoms with Crippen molar-refractivity contribution in [2.24, 2.45) is 5.92 Å². The summed E-state index contributed by atoms with van der Waals surface area (Å²) < 4.78 is 42.9. The molecular formula is C14H18FNO4S. The van der Waals surface area contributed by atoms with Crippen molar-refractivity contribution in [1.29, 1.82) is 0 Å². The summed E-state index contributed by atoms with van der Waals surface area (Å²) in [6.45, 7) is 2.15. The number of benzene rings is 1. The maximum Gasteiger partial charge on any atom is 0.315 e. The van der Waals surface area contributed by atoms with Crippen LogP contribution < -0.4 is 4.74 Å². The number of carbonyl (C=O) groups excluding carboxylic acids is 1. The van der Waals surface area contributed by atoms with Gasteiger partial charge in [0, 0.05) is 19.2 Å². The van der Waals surface area contributed by atoms with Crippen LogP contribution in [-0.2, 0) is 14.8 Å². The lowest BCUT2D eigenvalue weighted by molar-refractivity contribution is -0.140. The molecule has 0 saturated carbocycles. The minimum atomic E-state index is -3.31. The first-order chi connectivity index (χ1) is 9.77. The van der Waals surface area contributed by atoms with Crippen LogP contribution in [0.4, 0.5) is 4.39 Å². The number of aryl methyl sites for hydroxylation is 1. The molecule has 0 bridgehead atoms. The molecule has 1 aromatic rings. The Labute approximate surface area is 123 Å². The Kier molecular flexibility index (Phi) is 4.63. The molecule has 5 nitrogen and oxygen atoms in total. The Morgan fingerprint density at radius 1 is 1.43 bits per heavy atom. The van der Waals surface area contributed by atoms with Gasteiger partial charge in [0.25, 0.3) is 0 Å². The third-order valence-corrected chi connectivity index (χ3v) is 4.82. The fourth-order valence-electron chi connectivity index (χ4n) is 2.27. The Hall–Kier alpha value is -1.47. The van der Waals surface area contributed by atoms with Crippen LogP contribution in [0.1, 0.15) is 18.4 Å². The van der Waals surface area contributed by atoms with Crippen molar-refractivity contribution in [1.82, 2.24) is 4.31 Å². The third kappa shape index (κ3) is 4.01. The summed E-state index contributed by atoms with van der Waals surface area (Å²) >= 11 is 0. The van der Waals surface area contributed by atoms with E-state index in [1.807, 2.05) is 0 Å². The van der Waals surface area contributed by atoms with E-state index in [0.29, 0.717) is 24.9 Å². The van der Waals surface area contributed by atoms with Crippen molar-refractivity contribution >= 4 is 16.0 Å². The number of hydrogen-bond donors (Lipinski definition) is 0. The first kappa shape index (κ1) is 15.9. The van der Waals surface area contributed by atoms with Crippen LogP contribution in [0.15, 0.2) is 18.2 Å². The summed E-state index contributed by atoms with van der Waals surface area (Å²) in [6.07, 6.45) is 2.30. The summed E-state index contributed by atoms with van der Waals surface area (Å²) in [5, 5.41) is 0. The van der Waals surface area contributed by atoms with Crippen molar-refractivity contribution in [2.45, 2.75) is 19.8 Å². The van der Waals surface area contributed by atoms with Gasteiger partial charge in [-0.25, -0.2) is 17.1 Å².